The summed E-state index contributed by atoms with van der Waals surface area (Å²) in [5, 5.41) is 9.47. The minimum Gasteiger partial charge on any atom is -0.361 e. The van der Waals surface area contributed by atoms with Gasteiger partial charge in [0, 0.05) is 49.2 Å². The van der Waals surface area contributed by atoms with Crippen LogP contribution in [-0.2, 0) is 23.9 Å². The largest absolute Gasteiger partial charge is 0.417 e. The Morgan fingerprint density at radius 2 is 1.85 bits per heavy atom. The highest BCUT2D eigenvalue weighted by atomic mass is 19.4. The molecule has 11 heteroatoms. The smallest absolute Gasteiger partial charge is 0.361 e. The van der Waals surface area contributed by atoms with E-state index < -0.39 is 18.0 Å². The van der Waals surface area contributed by atoms with Gasteiger partial charge in [-0.1, -0.05) is 48.5 Å². The zero-order chi connectivity index (χ0) is 29.0. The molecule has 0 amide bonds. The van der Waals surface area contributed by atoms with Crippen LogP contribution in [-0.4, -0.2) is 35.9 Å². The summed E-state index contributed by atoms with van der Waals surface area (Å²) < 4.78 is 45.6. The van der Waals surface area contributed by atoms with Crippen molar-refractivity contribution < 1.29 is 17.9 Å². The van der Waals surface area contributed by atoms with Gasteiger partial charge in [0.05, 0.1) is 17.8 Å². The average Bonchev–Trinajstić information content (AvgIpc) is 3.83. The first-order chi connectivity index (χ1) is 19.8. The van der Waals surface area contributed by atoms with Gasteiger partial charge in [0.2, 0.25) is 0 Å². The summed E-state index contributed by atoms with van der Waals surface area (Å²) in [4.78, 5) is 11.0. The van der Waals surface area contributed by atoms with Crippen molar-refractivity contribution in [3.63, 3.8) is 0 Å². The zero-order valence-corrected chi connectivity index (χ0v) is 22.5. The number of ether oxygens (including phenoxy) is 1. The van der Waals surface area contributed by atoms with Crippen molar-refractivity contribution in [3.8, 4) is 0 Å². The number of rotatable bonds is 10. The van der Waals surface area contributed by atoms with Gasteiger partial charge in [-0.2, -0.15) is 23.4 Å². The van der Waals surface area contributed by atoms with Gasteiger partial charge in [-0.25, -0.2) is 4.98 Å². The molecule has 2 heterocycles. The Morgan fingerprint density at radius 1 is 1.10 bits per heavy atom. The number of halogens is 3. The Morgan fingerprint density at radius 3 is 2.46 bits per heavy atom. The molecule has 5 rings (SSSR count). The number of hydrazone groups is 2. The first-order valence-electron chi connectivity index (χ1n) is 13.1. The fourth-order valence-electron chi connectivity index (χ4n) is 4.92. The molecule has 41 heavy (non-hydrogen) atoms. The van der Waals surface area contributed by atoms with Crippen molar-refractivity contribution in [1.82, 2.24) is 15.4 Å². The van der Waals surface area contributed by atoms with Gasteiger partial charge in [-0.3, -0.25) is 10.4 Å². The molecule has 1 aliphatic rings. The molecule has 3 N–H and O–H groups in total. The van der Waals surface area contributed by atoms with Crippen LogP contribution in [0, 0.1) is 0 Å². The summed E-state index contributed by atoms with van der Waals surface area (Å²) in [6.45, 7) is 3.60. The first kappa shape index (κ1) is 28.0. The maximum Gasteiger partial charge on any atom is 0.417 e. The van der Waals surface area contributed by atoms with Gasteiger partial charge < -0.3 is 15.5 Å². The first-order valence-corrected chi connectivity index (χ1v) is 13.1. The Labute approximate surface area is 235 Å². The predicted molar refractivity (Wildman–Crippen MR) is 153 cm³/mol. The van der Waals surface area contributed by atoms with Crippen LogP contribution < -0.4 is 16.2 Å². The average molecular weight is 562 g/mol. The number of nitrogens with one attached hydrogen (secondary N) is 1. The third kappa shape index (κ3) is 6.30. The number of aromatic nitrogens is 2. The summed E-state index contributed by atoms with van der Waals surface area (Å²) in [6, 6.07) is 18.1. The lowest BCUT2D eigenvalue weighted by atomic mass is 10.0. The van der Waals surface area contributed by atoms with Crippen molar-refractivity contribution in [2.75, 3.05) is 12.0 Å². The van der Waals surface area contributed by atoms with Crippen LogP contribution in [0.5, 0.6) is 0 Å². The van der Waals surface area contributed by atoms with Gasteiger partial charge >= 0.3 is 6.18 Å². The van der Waals surface area contributed by atoms with Crippen LogP contribution in [0.2, 0.25) is 0 Å². The fraction of sp³-hybridized carbons (Fsp3) is 0.267. The number of nitrogens with zero attached hydrogens (tertiary/aromatic N) is 5. The van der Waals surface area contributed by atoms with Gasteiger partial charge in [0.25, 0.3) is 0 Å². The van der Waals surface area contributed by atoms with Crippen molar-refractivity contribution in [3.05, 3.63) is 101 Å². The molecule has 1 aliphatic carbocycles. The topological polar surface area (TPSA) is 101 Å². The van der Waals surface area contributed by atoms with Crippen LogP contribution in [0.3, 0.4) is 0 Å². The third-order valence-corrected chi connectivity index (χ3v) is 7.13. The highest BCUT2D eigenvalue weighted by molar-refractivity contribution is 5.98. The summed E-state index contributed by atoms with van der Waals surface area (Å²) in [5.41, 5.74) is 5.15. The summed E-state index contributed by atoms with van der Waals surface area (Å²) in [7, 11) is 1.61. The summed E-state index contributed by atoms with van der Waals surface area (Å²) in [5.74, 6) is 6.93. The molecular formula is C30H30F3N7O. The lowest BCUT2D eigenvalue weighted by molar-refractivity contribution is -0.137. The second kappa shape index (κ2) is 11.9. The standard InChI is InChI=1S/C30H30F3N7O/c1-35-39-28(38-34)21-9-7-19(8-10-21)15-26(41-2)40(18-24-14-13-23(17-36-24)30(31,32)33)29-27(20-11-12-20)25-6-4-3-5-22(25)16-37-29/h3-10,13-14,16-17,20,26H,1,11-12,15,18,34H2,2H3,(H,38,39). The van der Waals surface area contributed by atoms with E-state index in [0.29, 0.717) is 23.9 Å². The molecule has 0 radical (unpaired) electrons. The highest BCUT2D eigenvalue weighted by Gasteiger charge is 2.34. The lowest BCUT2D eigenvalue weighted by Gasteiger charge is -2.33. The van der Waals surface area contributed by atoms with E-state index in [1.54, 1.807) is 7.11 Å². The number of anilines is 1. The molecule has 1 saturated carbocycles. The van der Waals surface area contributed by atoms with Crippen LogP contribution in [0.4, 0.5) is 19.0 Å². The van der Waals surface area contributed by atoms with Gasteiger partial charge in [0.1, 0.15) is 12.0 Å². The lowest BCUT2D eigenvalue weighted by Crippen LogP contribution is -2.39. The van der Waals surface area contributed by atoms with Crippen LogP contribution in [0.25, 0.3) is 10.8 Å². The Bertz CT molecular complexity index is 1540. The van der Waals surface area contributed by atoms with Gasteiger partial charge in [0.15, 0.2) is 5.84 Å². The minimum absolute atomic E-state index is 0.207. The number of fused-ring (bicyclic) bond motifs is 1. The molecular weight excluding hydrogens is 531 g/mol. The van der Waals surface area contributed by atoms with Crippen molar-refractivity contribution in [2.24, 2.45) is 16.0 Å². The van der Waals surface area contributed by atoms with E-state index in [1.165, 1.54) is 6.07 Å². The Hall–Kier alpha value is -4.51. The molecule has 2 aromatic carbocycles. The van der Waals surface area contributed by atoms with Gasteiger partial charge in [-0.15, -0.1) is 0 Å². The maximum atomic E-state index is 13.2. The molecule has 1 fully saturated rings. The Balaban J connectivity index is 1.53. The Kier molecular flexibility index (Phi) is 8.16. The number of pyridine rings is 2. The quantitative estimate of drug-likeness (QED) is 0.0863. The van der Waals surface area contributed by atoms with Crippen LogP contribution in [0.1, 0.15) is 46.7 Å². The van der Waals surface area contributed by atoms with Crippen LogP contribution >= 0.6 is 0 Å². The normalized spacial score (nSPS) is 14.6. The number of amidine groups is 1. The molecule has 212 valence electrons. The van der Waals surface area contributed by atoms with Crippen LogP contribution in [0.15, 0.2) is 83.3 Å². The van der Waals surface area contributed by atoms with E-state index in [9.17, 15) is 13.2 Å². The second-order valence-corrected chi connectivity index (χ2v) is 9.86. The SMILES string of the molecule is C=NN/C(=N\N)c1ccc(CC(OC)N(Cc2ccc(C(F)(F)F)cn2)c2ncc3ccccc3c2C2CC2)cc1. The maximum absolute atomic E-state index is 13.2. The zero-order valence-electron chi connectivity index (χ0n) is 22.5. The van der Waals surface area contributed by atoms with E-state index in [0.717, 1.165) is 58.4 Å². The minimum atomic E-state index is -4.46. The molecule has 0 bridgehead atoms. The van der Waals surface area contributed by atoms with E-state index >= 15 is 0 Å². The van der Waals surface area contributed by atoms with E-state index in [4.69, 9.17) is 15.6 Å². The van der Waals surface area contributed by atoms with E-state index in [2.05, 4.69) is 33.4 Å². The molecule has 2 aromatic heterocycles. The fourth-order valence-corrected chi connectivity index (χ4v) is 4.92. The number of hydrogen-bond donors (Lipinski definition) is 2. The summed E-state index contributed by atoms with van der Waals surface area (Å²) in [6.07, 6.45) is 0.313. The monoisotopic (exact) mass is 561 g/mol. The highest BCUT2D eigenvalue weighted by Crippen LogP contribution is 2.47. The molecule has 4 aromatic rings. The number of benzene rings is 2. The number of hydrogen-bond acceptors (Lipinski definition) is 7. The predicted octanol–water partition coefficient (Wildman–Crippen LogP) is 5.57. The van der Waals surface area contributed by atoms with Crippen molar-refractivity contribution in [2.45, 2.75) is 44.1 Å². The second-order valence-electron chi connectivity index (χ2n) is 9.86. The molecule has 0 spiro atoms. The van der Waals surface area contributed by atoms with Gasteiger partial charge in [-0.05, 0) is 41.8 Å². The number of nitrogens with two attached hydrogens (primary N) is 1. The molecule has 8 nitrogen and oxygen atoms in total. The number of alkyl halides is 3. The summed E-state index contributed by atoms with van der Waals surface area (Å²) >= 11 is 0. The molecule has 1 atom stereocenters. The molecule has 0 aliphatic heterocycles. The molecule has 0 saturated heterocycles. The van der Waals surface area contributed by atoms with E-state index in [-0.39, 0.29) is 6.54 Å². The number of methoxy groups -OCH3 is 1. The third-order valence-electron chi connectivity index (χ3n) is 7.13. The van der Waals surface area contributed by atoms with Crippen molar-refractivity contribution in [1.29, 1.82) is 0 Å². The molecule has 1 unspecified atom stereocenters. The van der Waals surface area contributed by atoms with Crippen molar-refractivity contribution >= 4 is 29.1 Å². The van der Waals surface area contributed by atoms with E-state index in [1.807, 2.05) is 53.6 Å².